The average molecular weight is 333 g/mol. The van der Waals surface area contributed by atoms with Gasteiger partial charge in [0.05, 0.1) is 6.04 Å². The first-order valence-corrected chi connectivity index (χ1v) is 8.48. The Hall–Kier alpha value is -2.04. The molecule has 5 nitrogen and oxygen atoms in total. The molecule has 24 heavy (non-hydrogen) atoms. The first-order valence-electron chi connectivity index (χ1n) is 8.48. The predicted molar refractivity (Wildman–Crippen MR) is 92.1 cm³/mol. The van der Waals surface area contributed by atoms with Crippen molar-refractivity contribution in [1.29, 1.82) is 0 Å². The Balaban J connectivity index is 2.32. The van der Waals surface area contributed by atoms with E-state index in [1.54, 1.807) is 4.90 Å². The monoisotopic (exact) mass is 333 g/mol. The number of carboxylic acids is 1. The standard InChI is InChI=1S/C19H27NO4/c1-13-8-7-9-14(12-13)16(17(21)22)15-10-5-6-11-20(15)18(23)24-19(2,3)4/h7-9,12,15-16H,5-6,10-11H2,1-4H3,(H,21,22)/t15-,16?/m0/s1. The number of ether oxygens (including phenoxy) is 1. The molecule has 5 heteroatoms. The number of piperidine rings is 1. The molecule has 0 bridgehead atoms. The number of aryl methyl sites for hydroxylation is 1. The van der Waals surface area contributed by atoms with Gasteiger partial charge in [-0.1, -0.05) is 29.8 Å². The molecule has 2 atom stereocenters. The maximum absolute atomic E-state index is 12.6. The smallest absolute Gasteiger partial charge is 0.410 e. The molecule has 1 aliphatic rings. The molecule has 0 radical (unpaired) electrons. The Kier molecular flexibility index (Phi) is 5.52. The third-order valence-corrected chi connectivity index (χ3v) is 4.23. The quantitative estimate of drug-likeness (QED) is 0.909. The van der Waals surface area contributed by atoms with Crippen molar-refractivity contribution in [3.8, 4) is 0 Å². The molecule has 0 aliphatic carbocycles. The zero-order chi connectivity index (χ0) is 17.9. The van der Waals surface area contributed by atoms with E-state index >= 15 is 0 Å². The van der Waals surface area contributed by atoms with Crippen molar-refractivity contribution in [1.82, 2.24) is 4.90 Å². The number of hydrogen-bond donors (Lipinski definition) is 1. The number of carboxylic acid groups (broad SMARTS) is 1. The molecule has 1 amide bonds. The molecule has 1 aromatic rings. The van der Waals surface area contributed by atoms with Crippen molar-refractivity contribution in [3.63, 3.8) is 0 Å². The minimum absolute atomic E-state index is 0.382. The summed E-state index contributed by atoms with van der Waals surface area (Å²) in [6.07, 6.45) is 2.03. The molecule has 0 aromatic heterocycles. The van der Waals surface area contributed by atoms with Crippen molar-refractivity contribution in [3.05, 3.63) is 35.4 Å². The highest BCUT2D eigenvalue weighted by molar-refractivity contribution is 5.79. The lowest BCUT2D eigenvalue weighted by atomic mass is 9.85. The van der Waals surface area contributed by atoms with Crippen LogP contribution in [-0.4, -0.2) is 40.3 Å². The van der Waals surface area contributed by atoms with Crippen LogP contribution in [0.1, 0.15) is 57.1 Å². The molecular weight excluding hydrogens is 306 g/mol. The maximum atomic E-state index is 12.6. The highest BCUT2D eigenvalue weighted by atomic mass is 16.6. The Morgan fingerprint density at radius 1 is 1.29 bits per heavy atom. The second-order valence-electron chi connectivity index (χ2n) is 7.47. The number of rotatable bonds is 3. The summed E-state index contributed by atoms with van der Waals surface area (Å²) >= 11 is 0. The predicted octanol–water partition coefficient (Wildman–Crippen LogP) is 3.95. The zero-order valence-corrected chi connectivity index (χ0v) is 14.9. The van der Waals surface area contributed by atoms with Crippen molar-refractivity contribution < 1.29 is 19.4 Å². The SMILES string of the molecule is Cc1cccc(C(C(=O)O)[C@@H]2CCCCN2C(=O)OC(C)(C)C)c1. The zero-order valence-electron chi connectivity index (χ0n) is 14.9. The van der Waals surface area contributed by atoms with Gasteiger partial charge in [-0.3, -0.25) is 4.79 Å². The van der Waals surface area contributed by atoms with Crippen LogP contribution < -0.4 is 0 Å². The molecule has 1 saturated heterocycles. The van der Waals surface area contributed by atoms with E-state index in [0.29, 0.717) is 13.0 Å². The van der Waals surface area contributed by atoms with Gasteiger partial charge in [0.1, 0.15) is 11.5 Å². The Bertz CT molecular complexity index is 606. The summed E-state index contributed by atoms with van der Waals surface area (Å²) in [7, 11) is 0. The number of carbonyl (C=O) groups is 2. The molecule has 1 heterocycles. The fraction of sp³-hybridized carbons (Fsp3) is 0.579. The van der Waals surface area contributed by atoms with E-state index in [4.69, 9.17) is 4.74 Å². The van der Waals surface area contributed by atoms with Gasteiger partial charge in [-0.25, -0.2) is 4.79 Å². The molecule has 2 rings (SSSR count). The fourth-order valence-corrected chi connectivity index (χ4v) is 3.24. The third kappa shape index (κ3) is 4.49. The number of amides is 1. The van der Waals surface area contributed by atoms with Gasteiger partial charge in [-0.15, -0.1) is 0 Å². The van der Waals surface area contributed by atoms with Gasteiger partial charge >= 0.3 is 12.1 Å². The summed E-state index contributed by atoms with van der Waals surface area (Å²) in [6.45, 7) is 7.93. The van der Waals surface area contributed by atoms with Gasteiger partial charge in [0.2, 0.25) is 0 Å². The van der Waals surface area contributed by atoms with E-state index in [-0.39, 0.29) is 6.04 Å². The van der Waals surface area contributed by atoms with Crippen molar-refractivity contribution >= 4 is 12.1 Å². The van der Waals surface area contributed by atoms with Crippen LogP contribution in [0.2, 0.25) is 0 Å². The van der Waals surface area contributed by atoms with Gasteiger partial charge in [0.15, 0.2) is 0 Å². The minimum Gasteiger partial charge on any atom is -0.481 e. The number of nitrogens with zero attached hydrogens (tertiary/aromatic N) is 1. The van der Waals surface area contributed by atoms with E-state index in [1.807, 2.05) is 52.0 Å². The molecule has 132 valence electrons. The number of carbonyl (C=O) groups excluding carboxylic acids is 1. The van der Waals surface area contributed by atoms with E-state index in [1.165, 1.54) is 0 Å². The molecule has 1 N–H and O–H groups in total. The lowest BCUT2D eigenvalue weighted by Crippen LogP contribution is -2.50. The second-order valence-corrected chi connectivity index (χ2v) is 7.47. The van der Waals surface area contributed by atoms with E-state index in [0.717, 1.165) is 24.0 Å². The number of likely N-dealkylation sites (tertiary alicyclic amines) is 1. The van der Waals surface area contributed by atoms with Crippen LogP contribution in [0.15, 0.2) is 24.3 Å². The number of benzene rings is 1. The average Bonchev–Trinajstić information content (AvgIpc) is 2.46. The topological polar surface area (TPSA) is 66.8 Å². The van der Waals surface area contributed by atoms with E-state index < -0.39 is 23.6 Å². The number of aliphatic carboxylic acids is 1. The summed E-state index contributed by atoms with van der Waals surface area (Å²) < 4.78 is 5.49. The van der Waals surface area contributed by atoms with Gasteiger partial charge < -0.3 is 14.7 Å². The summed E-state index contributed by atoms with van der Waals surface area (Å²) in [5.74, 6) is -1.64. The molecule has 1 aliphatic heterocycles. The minimum atomic E-state index is -0.902. The summed E-state index contributed by atoms with van der Waals surface area (Å²) in [5, 5.41) is 9.82. The van der Waals surface area contributed by atoms with Crippen LogP contribution in [0.3, 0.4) is 0 Å². The molecule has 0 spiro atoms. The first-order chi connectivity index (χ1) is 11.2. The highest BCUT2D eigenvalue weighted by Gasteiger charge is 2.39. The van der Waals surface area contributed by atoms with Crippen molar-refractivity contribution in [2.45, 2.75) is 64.5 Å². The van der Waals surface area contributed by atoms with E-state index in [9.17, 15) is 14.7 Å². The Morgan fingerprint density at radius 2 is 2.00 bits per heavy atom. The van der Waals surface area contributed by atoms with Gasteiger partial charge in [-0.05, 0) is 52.5 Å². The van der Waals surface area contributed by atoms with Crippen LogP contribution in [0.25, 0.3) is 0 Å². The van der Waals surface area contributed by atoms with Crippen LogP contribution >= 0.6 is 0 Å². The van der Waals surface area contributed by atoms with Crippen molar-refractivity contribution in [2.24, 2.45) is 0 Å². The summed E-state index contributed by atoms with van der Waals surface area (Å²) in [5.41, 5.74) is 1.16. The molecule has 1 aromatic carbocycles. The van der Waals surface area contributed by atoms with Crippen molar-refractivity contribution in [2.75, 3.05) is 6.54 Å². The summed E-state index contributed by atoms with van der Waals surface area (Å²) in [6, 6.07) is 7.14. The van der Waals surface area contributed by atoms with Crippen LogP contribution in [-0.2, 0) is 9.53 Å². The van der Waals surface area contributed by atoms with E-state index in [2.05, 4.69) is 0 Å². The second kappa shape index (κ2) is 7.24. The molecule has 0 saturated carbocycles. The van der Waals surface area contributed by atoms with Gasteiger partial charge in [-0.2, -0.15) is 0 Å². The molecule has 1 fully saturated rings. The highest BCUT2D eigenvalue weighted by Crippen LogP contribution is 2.32. The normalized spacial score (nSPS) is 19.7. The lowest BCUT2D eigenvalue weighted by Gasteiger charge is -2.39. The first kappa shape index (κ1) is 18.3. The molecule has 1 unspecified atom stereocenters. The Morgan fingerprint density at radius 3 is 2.58 bits per heavy atom. The largest absolute Gasteiger partial charge is 0.481 e. The lowest BCUT2D eigenvalue weighted by molar-refractivity contribution is -0.140. The number of hydrogen-bond acceptors (Lipinski definition) is 3. The van der Waals surface area contributed by atoms with Crippen LogP contribution in [0, 0.1) is 6.92 Å². The summed E-state index contributed by atoms with van der Waals surface area (Å²) in [4.78, 5) is 26.2. The van der Waals surface area contributed by atoms with Crippen LogP contribution in [0.4, 0.5) is 4.79 Å². The Labute approximate surface area is 143 Å². The maximum Gasteiger partial charge on any atom is 0.410 e. The van der Waals surface area contributed by atoms with Gasteiger partial charge in [0.25, 0.3) is 0 Å². The van der Waals surface area contributed by atoms with Gasteiger partial charge in [0, 0.05) is 6.54 Å². The van der Waals surface area contributed by atoms with Crippen LogP contribution in [0.5, 0.6) is 0 Å². The fourth-order valence-electron chi connectivity index (χ4n) is 3.24. The third-order valence-electron chi connectivity index (χ3n) is 4.23. The molecular formula is C19H27NO4.